The van der Waals surface area contributed by atoms with E-state index in [1.165, 1.54) is 28.4 Å². The van der Waals surface area contributed by atoms with E-state index in [1.807, 2.05) is 7.11 Å². The molecule has 0 heterocycles. The van der Waals surface area contributed by atoms with Gasteiger partial charge in [-0.3, -0.25) is 0 Å². The summed E-state index contributed by atoms with van der Waals surface area (Å²) in [4.78, 5) is 0. The fraction of sp³-hybridized carbons (Fsp3) is 0.455. The molecule has 2 heteroatoms. The van der Waals surface area contributed by atoms with Gasteiger partial charge >= 0.3 is 0 Å². The van der Waals surface area contributed by atoms with E-state index in [2.05, 4.69) is 46.9 Å². The summed E-state index contributed by atoms with van der Waals surface area (Å²) < 4.78 is 6.90. The molecule has 0 amide bonds. The topological polar surface area (TPSA) is 9.23 Å². The number of rotatable bonds is 2. The zero-order valence-electron chi connectivity index (χ0n) is 7.72. The second-order valence-electron chi connectivity index (χ2n) is 3.56. The van der Waals surface area contributed by atoms with E-state index in [0.717, 1.165) is 0 Å². The summed E-state index contributed by atoms with van der Waals surface area (Å²) in [6, 6.07) is 8.62. The number of halogens is 1. The molecule has 13 heavy (non-hydrogen) atoms. The van der Waals surface area contributed by atoms with Gasteiger partial charge in [0, 0.05) is 10.7 Å². The lowest BCUT2D eigenvalue weighted by molar-refractivity contribution is -0.0779. The third-order valence-electron chi connectivity index (χ3n) is 2.90. The van der Waals surface area contributed by atoms with Crippen LogP contribution in [0.5, 0.6) is 0 Å². The van der Waals surface area contributed by atoms with Gasteiger partial charge in [0.1, 0.15) is 0 Å². The minimum Gasteiger partial charge on any atom is -0.374 e. The fourth-order valence-corrected chi connectivity index (χ4v) is 2.42. The van der Waals surface area contributed by atoms with E-state index < -0.39 is 0 Å². The highest BCUT2D eigenvalue weighted by atomic mass is 127. The Morgan fingerprint density at radius 2 is 2.15 bits per heavy atom. The molecule has 1 aliphatic carbocycles. The molecule has 0 N–H and O–H groups in total. The van der Waals surface area contributed by atoms with Crippen LogP contribution in [0.15, 0.2) is 24.3 Å². The van der Waals surface area contributed by atoms with E-state index in [9.17, 15) is 0 Å². The first-order chi connectivity index (χ1) is 6.27. The van der Waals surface area contributed by atoms with Crippen LogP contribution in [0.2, 0.25) is 0 Å². The van der Waals surface area contributed by atoms with Gasteiger partial charge in [-0.15, -0.1) is 0 Å². The summed E-state index contributed by atoms with van der Waals surface area (Å²) in [6.07, 6.45) is 3.63. The van der Waals surface area contributed by atoms with Crippen LogP contribution >= 0.6 is 22.6 Å². The van der Waals surface area contributed by atoms with Crippen molar-refractivity contribution in [1.82, 2.24) is 0 Å². The number of hydrogen-bond acceptors (Lipinski definition) is 1. The Labute approximate surface area is 92.6 Å². The number of benzene rings is 1. The van der Waals surface area contributed by atoms with E-state index in [0.29, 0.717) is 0 Å². The molecule has 0 unspecified atom stereocenters. The Balaban J connectivity index is 2.33. The average Bonchev–Trinajstić information content (AvgIpc) is 2.03. The predicted molar refractivity (Wildman–Crippen MR) is 61.7 cm³/mol. The lowest BCUT2D eigenvalue weighted by atomic mass is 9.75. The van der Waals surface area contributed by atoms with Crippen molar-refractivity contribution in [3.63, 3.8) is 0 Å². The van der Waals surface area contributed by atoms with Crippen LogP contribution in [-0.4, -0.2) is 7.11 Å². The summed E-state index contributed by atoms with van der Waals surface area (Å²) in [5, 5.41) is 0. The molecule has 1 nitrogen and oxygen atoms in total. The molecule has 1 aromatic rings. The molecule has 0 aromatic heterocycles. The number of methoxy groups -OCH3 is 1. The normalized spacial score (nSPS) is 19.5. The van der Waals surface area contributed by atoms with Crippen molar-refractivity contribution in [2.24, 2.45) is 0 Å². The Bertz CT molecular complexity index is 299. The molecule has 1 saturated carbocycles. The highest BCUT2D eigenvalue weighted by molar-refractivity contribution is 14.1. The molecule has 0 bridgehead atoms. The first-order valence-corrected chi connectivity index (χ1v) is 5.66. The van der Waals surface area contributed by atoms with Gasteiger partial charge < -0.3 is 4.74 Å². The third kappa shape index (κ3) is 1.62. The second kappa shape index (κ2) is 3.58. The zero-order chi connectivity index (χ0) is 9.31. The van der Waals surface area contributed by atoms with Gasteiger partial charge in [-0.2, -0.15) is 0 Å². The largest absolute Gasteiger partial charge is 0.374 e. The van der Waals surface area contributed by atoms with E-state index in [-0.39, 0.29) is 5.60 Å². The monoisotopic (exact) mass is 288 g/mol. The zero-order valence-corrected chi connectivity index (χ0v) is 9.87. The van der Waals surface area contributed by atoms with Crippen LogP contribution in [0.25, 0.3) is 0 Å². The lowest BCUT2D eigenvalue weighted by Gasteiger charge is -2.41. The summed E-state index contributed by atoms with van der Waals surface area (Å²) in [5.74, 6) is 0. The minimum absolute atomic E-state index is 0.0428. The van der Waals surface area contributed by atoms with Crippen molar-refractivity contribution in [3.05, 3.63) is 33.4 Å². The molecular formula is C11H13IO. The number of hydrogen-bond donors (Lipinski definition) is 0. The molecule has 1 aromatic carbocycles. The molecule has 0 atom stereocenters. The van der Waals surface area contributed by atoms with Crippen LogP contribution in [0, 0.1) is 3.57 Å². The van der Waals surface area contributed by atoms with Crippen LogP contribution in [-0.2, 0) is 10.3 Å². The van der Waals surface area contributed by atoms with Gasteiger partial charge in [0.05, 0.1) is 5.60 Å². The van der Waals surface area contributed by atoms with Gasteiger partial charge in [-0.05, 0) is 59.5 Å². The van der Waals surface area contributed by atoms with E-state index in [4.69, 9.17) is 4.74 Å². The first-order valence-electron chi connectivity index (χ1n) is 4.58. The number of ether oxygens (including phenoxy) is 1. The van der Waals surface area contributed by atoms with Crippen molar-refractivity contribution in [2.75, 3.05) is 7.11 Å². The maximum atomic E-state index is 5.61. The molecular weight excluding hydrogens is 275 g/mol. The van der Waals surface area contributed by atoms with Crippen molar-refractivity contribution in [3.8, 4) is 0 Å². The first kappa shape index (κ1) is 9.46. The minimum atomic E-state index is 0.0428. The third-order valence-corrected chi connectivity index (χ3v) is 3.57. The maximum absolute atomic E-state index is 5.61. The summed E-state index contributed by atoms with van der Waals surface area (Å²) in [5.41, 5.74) is 1.38. The molecule has 1 fully saturated rings. The van der Waals surface area contributed by atoms with Crippen LogP contribution < -0.4 is 0 Å². The Hall–Kier alpha value is -0.0900. The SMILES string of the molecule is COC1(c2cccc(I)c2)CCC1. The van der Waals surface area contributed by atoms with Crippen LogP contribution in [0.1, 0.15) is 24.8 Å². The van der Waals surface area contributed by atoms with Gasteiger partial charge in [0.2, 0.25) is 0 Å². The van der Waals surface area contributed by atoms with E-state index >= 15 is 0 Å². The molecule has 1 aliphatic rings. The lowest BCUT2D eigenvalue weighted by Crippen LogP contribution is -2.36. The summed E-state index contributed by atoms with van der Waals surface area (Å²) >= 11 is 2.35. The van der Waals surface area contributed by atoms with Gasteiger partial charge in [-0.1, -0.05) is 12.1 Å². The summed E-state index contributed by atoms with van der Waals surface area (Å²) in [7, 11) is 1.82. The molecule has 0 radical (unpaired) electrons. The Kier molecular flexibility index (Phi) is 2.60. The predicted octanol–water partition coefficient (Wildman–Crippen LogP) is 3.32. The van der Waals surface area contributed by atoms with Crippen LogP contribution in [0.4, 0.5) is 0 Å². The fourth-order valence-electron chi connectivity index (χ4n) is 1.88. The smallest absolute Gasteiger partial charge is 0.0927 e. The molecule has 0 aliphatic heterocycles. The summed E-state index contributed by atoms with van der Waals surface area (Å²) in [6.45, 7) is 0. The second-order valence-corrected chi connectivity index (χ2v) is 4.81. The Morgan fingerprint density at radius 1 is 1.38 bits per heavy atom. The quantitative estimate of drug-likeness (QED) is 0.759. The molecule has 0 spiro atoms. The average molecular weight is 288 g/mol. The molecule has 70 valence electrons. The van der Waals surface area contributed by atoms with Crippen molar-refractivity contribution in [1.29, 1.82) is 0 Å². The van der Waals surface area contributed by atoms with Crippen LogP contribution in [0.3, 0.4) is 0 Å². The van der Waals surface area contributed by atoms with Crippen molar-refractivity contribution in [2.45, 2.75) is 24.9 Å². The standard InChI is InChI=1S/C11H13IO/c1-13-11(6-3-7-11)9-4-2-5-10(12)8-9/h2,4-5,8H,3,6-7H2,1H3. The van der Waals surface area contributed by atoms with Crippen molar-refractivity contribution < 1.29 is 4.74 Å². The highest BCUT2D eigenvalue weighted by Gasteiger charge is 2.38. The van der Waals surface area contributed by atoms with Crippen molar-refractivity contribution >= 4 is 22.6 Å². The van der Waals surface area contributed by atoms with Gasteiger partial charge in [-0.25, -0.2) is 0 Å². The Morgan fingerprint density at radius 3 is 2.62 bits per heavy atom. The molecule has 2 rings (SSSR count). The highest BCUT2D eigenvalue weighted by Crippen LogP contribution is 2.44. The van der Waals surface area contributed by atoms with E-state index in [1.54, 1.807) is 0 Å². The maximum Gasteiger partial charge on any atom is 0.0927 e. The van der Waals surface area contributed by atoms with Gasteiger partial charge in [0.15, 0.2) is 0 Å². The van der Waals surface area contributed by atoms with Gasteiger partial charge in [0.25, 0.3) is 0 Å². The molecule has 0 saturated heterocycles.